The number of likely N-dealkylation sites (tertiary alicyclic amines) is 1. The predicted molar refractivity (Wildman–Crippen MR) is 106 cm³/mol. The van der Waals surface area contributed by atoms with E-state index >= 15 is 0 Å². The normalized spacial score (nSPS) is 20.1. The first-order valence-electron chi connectivity index (χ1n) is 10.2. The number of carbonyl (C=O) groups excluding carboxylic acids is 4. The molecule has 0 saturated carbocycles. The van der Waals surface area contributed by atoms with E-state index in [4.69, 9.17) is 4.74 Å². The van der Waals surface area contributed by atoms with Crippen molar-refractivity contribution in [1.82, 2.24) is 9.80 Å². The van der Waals surface area contributed by atoms with Crippen LogP contribution in [0.1, 0.15) is 67.2 Å². The summed E-state index contributed by atoms with van der Waals surface area (Å²) in [4.78, 5) is 53.6. The maximum absolute atomic E-state index is 12.8. The van der Waals surface area contributed by atoms with Gasteiger partial charge in [-0.05, 0) is 50.7 Å². The molecule has 2 aliphatic heterocycles. The van der Waals surface area contributed by atoms with E-state index in [0.717, 1.165) is 24.2 Å². The van der Waals surface area contributed by atoms with Gasteiger partial charge in [-0.3, -0.25) is 19.3 Å². The van der Waals surface area contributed by atoms with Gasteiger partial charge in [-0.15, -0.1) is 0 Å². The number of hydrogen-bond acceptors (Lipinski definition) is 5. The van der Waals surface area contributed by atoms with Crippen LogP contribution in [0.15, 0.2) is 24.3 Å². The fourth-order valence-electron chi connectivity index (χ4n) is 4.03. The maximum Gasteiger partial charge on any atom is 0.329 e. The van der Waals surface area contributed by atoms with E-state index in [-0.39, 0.29) is 42.0 Å². The first-order valence-corrected chi connectivity index (χ1v) is 10.2. The molecule has 0 aliphatic carbocycles. The summed E-state index contributed by atoms with van der Waals surface area (Å²) in [6.07, 6.45) is 3.24. The highest BCUT2D eigenvalue weighted by Crippen LogP contribution is 2.27. The van der Waals surface area contributed by atoms with Crippen molar-refractivity contribution in [1.29, 1.82) is 0 Å². The third kappa shape index (κ3) is 4.33. The van der Waals surface area contributed by atoms with Gasteiger partial charge in [0.15, 0.2) is 6.61 Å². The number of esters is 1. The topological polar surface area (TPSA) is 84.0 Å². The highest BCUT2D eigenvalue weighted by molar-refractivity contribution is 6.22. The van der Waals surface area contributed by atoms with Gasteiger partial charge in [-0.25, -0.2) is 4.79 Å². The lowest BCUT2D eigenvalue weighted by Gasteiger charge is -2.33. The van der Waals surface area contributed by atoms with Crippen LogP contribution in [0, 0.1) is 5.92 Å². The Balaban J connectivity index is 1.72. The molecule has 1 aromatic carbocycles. The molecule has 29 heavy (non-hydrogen) atoms. The summed E-state index contributed by atoms with van der Waals surface area (Å²) in [6, 6.07) is 5.60. The lowest BCUT2D eigenvalue weighted by atomic mass is 10.0. The molecule has 0 N–H and O–H groups in total. The quantitative estimate of drug-likeness (QED) is 0.541. The fraction of sp³-hybridized carbons (Fsp3) is 0.545. The Morgan fingerprint density at radius 3 is 2.28 bits per heavy atom. The third-order valence-corrected chi connectivity index (χ3v) is 5.57. The van der Waals surface area contributed by atoms with Crippen LogP contribution >= 0.6 is 0 Å². The number of ether oxygens (including phenoxy) is 1. The van der Waals surface area contributed by atoms with E-state index in [1.54, 1.807) is 29.2 Å². The van der Waals surface area contributed by atoms with Gasteiger partial charge < -0.3 is 9.64 Å². The van der Waals surface area contributed by atoms with Crippen LogP contribution in [-0.4, -0.2) is 58.7 Å². The zero-order valence-electron chi connectivity index (χ0n) is 17.2. The molecule has 1 fully saturated rings. The molecule has 1 saturated heterocycles. The van der Waals surface area contributed by atoms with E-state index in [2.05, 4.69) is 0 Å². The van der Waals surface area contributed by atoms with Gasteiger partial charge in [0, 0.05) is 12.6 Å². The summed E-state index contributed by atoms with van der Waals surface area (Å²) in [5, 5.41) is 0. The Morgan fingerprint density at radius 1 is 1.10 bits per heavy atom. The molecule has 2 heterocycles. The number of carbonyl (C=O) groups is 4. The zero-order valence-corrected chi connectivity index (χ0v) is 17.2. The van der Waals surface area contributed by atoms with Crippen molar-refractivity contribution in [3.8, 4) is 0 Å². The Labute approximate surface area is 171 Å². The van der Waals surface area contributed by atoms with Gasteiger partial charge in [0.05, 0.1) is 11.1 Å². The van der Waals surface area contributed by atoms with Crippen LogP contribution in [0.25, 0.3) is 0 Å². The SMILES string of the molecule is CC(C)C[C@@H](C(=O)OCC(=O)N1CCCC[C@@H]1C)N1C(=O)c2ccccc2C1=O. The van der Waals surface area contributed by atoms with Gasteiger partial charge >= 0.3 is 5.97 Å². The number of fused-ring (bicyclic) bond motifs is 1. The average molecular weight is 400 g/mol. The Hall–Kier alpha value is -2.70. The minimum absolute atomic E-state index is 0.0506. The second-order valence-electron chi connectivity index (χ2n) is 8.21. The summed E-state index contributed by atoms with van der Waals surface area (Å²) in [6.45, 7) is 6.07. The third-order valence-electron chi connectivity index (χ3n) is 5.57. The molecule has 7 nitrogen and oxygen atoms in total. The summed E-state index contributed by atoms with van der Waals surface area (Å²) in [7, 11) is 0. The monoisotopic (exact) mass is 400 g/mol. The van der Waals surface area contributed by atoms with E-state index in [1.165, 1.54) is 0 Å². The summed E-state index contributed by atoms with van der Waals surface area (Å²) < 4.78 is 5.30. The molecule has 156 valence electrons. The van der Waals surface area contributed by atoms with Gasteiger partial charge in [-0.1, -0.05) is 26.0 Å². The molecule has 0 unspecified atom stereocenters. The molecule has 3 amide bonds. The lowest BCUT2D eigenvalue weighted by Crippen LogP contribution is -2.48. The molecule has 1 aromatic rings. The summed E-state index contributed by atoms with van der Waals surface area (Å²) in [5.41, 5.74) is 0.578. The highest BCUT2D eigenvalue weighted by Gasteiger charge is 2.43. The number of nitrogens with zero attached hydrogens (tertiary/aromatic N) is 2. The second-order valence-corrected chi connectivity index (χ2v) is 8.21. The van der Waals surface area contributed by atoms with E-state index in [9.17, 15) is 19.2 Å². The first kappa shape index (κ1) is 21.0. The summed E-state index contributed by atoms with van der Waals surface area (Å²) >= 11 is 0. The Morgan fingerprint density at radius 2 is 1.72 bits per heavy atom. The molecular formula is C22H28N2O5. The molecule has 2 atom stereocenters. The maximum atomic E-state index is 12.8. The van der Waals surface area contributed by atoms with Crippen LogP contribution in [0.3, 0.4) is 0 Å². The number of piperidine rings is 1. The number of rotatable bonds is 6. The summed E-state index contributed by atoms with van der Waals surface area (Å²) in [5.74, 6) is -1.90. The van der Waals surface area contributed by atoms with E-state index in [1.807, 2.05) is 20.8 Å². The molecule has 0 aromatic heterocycles. The molecule has 0 bridgehead atoms. The molecular weight excluding hydrogens is 372 g/mol. The van der Waals surface area contributed by atoms with Crippen molar-refractivity contribution in [2.45, 2.75) is 58.5 Å². The molecule has 2 aliphatic rings. The van der Waals surface area contributed by atoms with Crippen molar-refractivity contribution < 1.29 is 23.9 Å². The van der Waals surface area contributed by atoms with Crippen LogP contribution < -0.4 is 0 Å². The lowest BCUT2D eigenvalue weighted by molar-refractivity contribution is -0.156. The largest absolute Gasteiger partial charge is 0.454 e. The number of amides is 3. The fourth-order valence-corrected chi connectivity index (χ4v) is 4.03. The van der Waals surface area contributed by atoms with Crippen LogP contribution in [0.2, 0.25) is 0 Å². The van der Waals surface area contributed by atoms with Crippen LogP contribution in [0.5, 0.6) is 0 Å². The molecule has 3 rings (SSSR count). The molecule has 0 radical (unpaired) electrons. The van der Waals surface area contributed by atoms with Crippen molar-refractivity contribution >= 4 is 23.7 Å². The minimum atomic E-state index is -1.05. The minimum Gasteiger partial charge on any atom is -0.454 e. The predicted octanol–water partition coefficient (Wildman–Crippen LogP) is 2.64. The zero-order chi connectivity index (χ0) is 21.1. The molecule has 0 spiro atoms. The van der Waals surface area contributed by atoms with Crippen molar-refractivity contribution in [2.24, 2.45) is 5.92 Å². The standard InChI is InChI=1S/C22H28N2O5/c1-14(2)12-18(24-20(26)16-9-4-5-10-17(16)21(24)27)22(28)29-13-19(25)23-11-7-6-8-15(23)3/h4-5,9-10,14-15,18H,6-8,11-13H2,1-3H3/t15-,18-/m0/s1. The second kappa shape index (κ2) is 8.76. The van der Waals surface area contributed by atoms with E-state index in [0.29, 0.717) is 6.54 Å². The van der Waals surface area contributed by atoms with Crippen LogP contribution in [-0.2, 0) is 14.3 Å². The number of benzene rings is 1. The number of hydrogen-bond donors (Lipinski definition) is 0. The van der Waals surface area contributed by atoms with Gasteiger partial charge in [0.25, 0.3) is 17.7 Å². The Bertz CT molecular complexity index is 784. The number of imide groups is 1. The van der Waals surface area contributed by atoms with Gasteiger partial charge in [0.1, 0.15) is 6.04 Å². The molecule has 7 heteroatoms. The van der Waals surface area contributed by atoms with Crippen molar-refractivity contribution in [3.05, 3.63) is 35.4 Å². The van der Waals surface area contributed by atoms with Gasteiger partial charge in [0.2, 0.25) is 0 Å². The average Bonchev–Trinajstić information content (AvgIpc) is 2.95. The van der Waals surface area contributed by atoms with Gasteiger partial charge in [-0.2, -0.15) is 0 Å². The van der Waals surface area contributed by atoms with E-state index < -0.39 is 23.8 Å². The highest BCUT2D eigenvalue weighted by atomic mass is 16.5. The first-order chi connectivity index (χ1) is 13.8. The van der Waals surface area contributed by atoms with Crippen molar-refractivity contribution in [3.63, 3.8) is 0 Å². The van der Waals surface area contributed by atoms with Crippen LogP contribution in [0.4, 0.5) is 0 Å². The Kier molecular flexibility index (Phi) is 6.35. The smallest absolute Gasteiger partial charge is 0.329 e. The van der Waals surface area contributed by atoms with Crippen molar-refractivity contribution in [2.75, 3.05) is 13.2 Å².